The van der Waals surface area contributed by atoms with E-state index in [1.54, 1.807) is 35.3 Å². The highest BCUT2D eigenvalue weighted by atomic mass is 79.9. The number of hydrogen-bond acceptors (Lipinski definition) is 5. The zero-order valence-electron chi connectivity index (χ0n) is 17.8. The predicted molar refractivity (Wildman–Crippen MR) is 128 cm³/mol. The summed E-state index contributed by atoms with van der Waals surface area (Å²) in [7, 11) is -3.82. The second-order valence-electron chi connectivity index (χ2n) is 8.06. The molecule has 1 aromatic heterocycles. The van der Waals surface area contributed by atoms with Crippen LogP contribution >= 0.6 is 27.3 Å². The molecule has 0 spiro atoms. The molecule has 172 valence electrons. The van der Waals surface area contributed by atoms with Gasteiger partial charge in [-0.15, -0.1) is 11.3 Å². The Balaban J connectivity index is 1.53. The van der Waals surface area contributed by atoms with Crippen molar-refractivity contribution in [1.82, 2.24) is 9.62 Å². The van der Waals surface area contributed by atoms with Gasteiger partial charge in [0.25, 0.3) is 0 Å². The summed E-state index contributed by atoms with van der Waals surface area (Å²) in [6, 6.07) is 7.31. The summed E-state index contributed by atoms with van der Waals surface area (Å²) in [6.45, 7) is 3.34. The highest BCUT2D eigenvalue weighted by Crippen LogP contribution is 2.37. The number of piperidine rings is 1. The number of nitrogens with zero attached hydrogens (tertiary/aromatic N) is 2. The highest BCUT2D eigenvalue weighted by Gasteiger charge is 2.36. The molecule has 1 fully saturated rings. The minimum atomic E-state index is -3.82. The maximum atomic E-state index is 13.5. The fourth-order valence-electron chi connectivity index (χ4n) is 4.28. The molecule has 10 heteroatoms. The van der Waals surface area contributed by atoms with Gasteiger partial charge >= 0.3 is 0 Å². The topological polar surface area (TPSA) is 86.8 Å². The zero-order valence-corrected chi connectivity index (χ0v) is 21.1. The molecule has 2 aliphatic rings. The predicted octanol–water partition coefficient (Wildman–Crippen LogP) is 3.53. The first-order valence-electron chi connectivity index (χ1n) is 10.7. The lowest BCUT2D eigenvalue weighted by atomic mass is 9.99. The van der Waals surface area contributed by atoms with Gasteiger partial charge in [0, 0.05) is 41.1 Å². The van der Waals surface area contributed by atoms with E-state index in [2.05, 4.69) is 21.2 Å². The Morgan fingerprint density at radius 2 is 2.09 bits per heavy atom. The summed E-state index contributed by atoms with van der Waals surface area (Å²) in [6.07, 6.45) is 2.36. The van der Waals surface area contributed by atoms with E-state index >= 15 is 0 Å². The van der Waals surface area contributed by atoms with E-state index in [9.17, 15) is 18.0 Å². The first-order valence-corrected chi connectivity index (χ1v) is 13.9. The minimum Gasteiger partial charge on any atom is -0.351 e. The van der Waals surface area contributed by atoms with Gasteiger partial charge in [-0.05, 0) is 64.3 Å². The molecule has 0 saturated carbocycles. The second kappa shape index (κ2) is 9.62. The third kappa shape index (κ3) is 4.64. The van der Waals surface area contributed by atoms with Crippen molar-refractivity contribution >= 4 is 54.8 Å². The van der Waals surface area contributed by atoms with Crippen LogP contribution in [0.4, 0.5) is 5.69 Å². The lowest BCUT2D eigenvalue weighted by Crippen LogP contribution is -2.45. The largest absolute Gasteiger partial charge is 0.351 e. The maximum absolute atomic E-state index is 13.5. The fourth-order valence-corrected chi connectivity index (χ4v) is 7.52. The Kier molecular flexibility index (Phi) is 7.04. The van der Waals surface area contributed by atoms with Gasteiger partial charge in [-0.2, -0.15) is 4.31 Å². The molecule has 0 unspecified atom stereocenters. The molecule has 1 N–H and O–H groups in total. The van der Waals surface area contributed by atoms with Crippen LogP contribution in [0.5, 0.6) is 0 Å². The monoisotopic (exact) mass is 539 g/mol. The number of anilines is 1. The summed E-state index contributed by atoms with van der Waals surface area (Å²) < 4.78 is 29.0. The van der Waals surface area contributed by atoms with Crippen molar-refractivity contribution in [3.05, 3.63) is 44.6 Å². The van der Waals surface area contributed by atoms with Gasteiger partial charge in [0.05, 0.1) is 17.4 Å². The maximum Gasteiger partial charge on any atom is 0.244 e. The lowest BCUT2D eigenvalue weighted by molar-refractivity contribution is -0.126. The number of rotatable bonds is 6. The first kappa shape index (κ1) is 23.4. The second-order valence-corrected chi connectivity index (χ2v) is 11.9. The van der Waals surface area contributed by atoms with E-state index in [1.165, 1.54) is 4.31 Å². The van der Waals surface area contributed by atoms with Gasteiger partial charge in [-0.25, -0.2) is 8.42 Å². The van der Waals surface area contributed by atoms with E-state index in [4.69, 9.17) is 0 Å². The summed E-state index contributed by atoms with van der Waals surface area (Å²) in [5.74, 6) is -0.522. The number of halogens is 1. The van der Waals surface area contributed by atoms with Crippen molar-refractivity contribution in [2.24, 2.45) is 5.92 Å². The average Bonchev–Trinajstić information content (AvgIpc) is 3.46. The normalized spacial score (nSPS) is 19.1. The van der Waals surface area contributed by atoms with Crippen LogP contribution in [0.1, 0.15) is 36.6 Å². The molecular formula is C22H26BrN3O4S2. The SMILES string of the molecule is CCC(=O)N1CCc2cc(Br)c(S(=O)(=O)N3CCC[C@H](C(=O)NCc4cccs4)C3)cc21. The van der Waals surface area contributed by atoms with Crippen LogP contribution in [-0.2, 0) is 32.6 Å². The number of nitrogens with one attached hydrogen (secondary N) is 1. The molecule has 1 saturated heterocycles. The number of fused-ring (bicyclic) bond motifs is 1. The van der Waals surface area contributed by atoms with E-state index in [0.717, 1.165) is 10.4 Å². The van der Waals surface area contributed by atoms with Crippen molar-refractivity contribution in [3.8, 4) is 0 Å². The molecule has 2 aromatic rings. The summed E-state index contributed by atoms with van der Waals surface area (Å²) in [5.41, 5.74) is 1.63. The van der Waals surface area contributed by atoms with Gasteiger partial charge in [0.15, 0.2) is 0 Å². The molecule has 1 atom stereocenters. The number of amides is 2. The molecule has 2 amide bonds. The third-order valence-electron chi connectivity index (χ3n) is 6.02. The summed E-state index contributed by atoms with van der Waals surface area (Å²) in [5, 5.41) is 4.89. The van der Waals surface area contributed by atoms with E-state index in [0.29, 0.717) is 55.5 Å². The van der Waals surface area contributed by atoms with Gasteiger partial charge in [0.1, 0.15) is 0 Å². The Morgan fingerprint density at radius 3 is 2.81 bits per heavy atom. The number of sulfonamides is 1. The van der Waals surface area contributed by atoms with E-state index in [-0.39, 0.29) is 29.2 Å². The van der Waals surface area contributed by atoms with Crippen molar-refractivity contribution in [1.29, 1.82) is 0 Å². The first-order chi connectivity index (χ1) is 15.3. The Bertz CT molecular complexity index is 1120. The number of thiophene rings is 1. The Morgan fingerprint density at radius 1 is 1.28 bits per heavy atom. The molecule has 7 nitrogen and oxygen atoms in total. The molecule has 0 aliphatic carbocycles. The van der Waals surface area contributed by atoms with Crippen LogP contribution in [0.2, 0.25) is 0 Å². The van der Waals surface area contributed by atoms with Crippen molar-refractivity contribution < 1.29 is 18.0 Å². The average molecular weight is 541 g/mol. The fraction of sp³-hybridized carbons (Fsp3) is 0.455. The van der Waals surface area contributed by atoms with Crippen molar-refractivity contribution in [2.45, 2.75) is 44.0 Å². The van der Waals surface area contributed by atoms with E-state index in [1.807, 2.05) is 17.5 Å². The molecular weight excluding hydrogens is 514 g/mol. The molecule has 32 heavy (non-hydrogen) atoms. The quantitative estimate of drug-likeness (QED) is 0.608. The summed E-state index contributed by atoms with van der Waals surface area (Å²) >= 11 is 5.00. The standard InChI is InChI=1S/C22H26BrN3O4S2/c1-2-21(27)26-9-7-15-11-18(23)20(12-19(15)26)32(29,30)25-8-3-5-16(14-25)22(28)24-13-17-6-4-10-31-17/h4,6,10-12,16H,2-3,5,7-9,13-14H2,1H3,(H,24,28)/t16-/m0/s1. The Hall–Kier alpha value is -1.75. The minimum absolute atomic E-state index is 0.0186. The van der Waals surface area contributed by atoms with Crippen molar-refractivity contribution in [2.75, 3.05) is 24.5 Å². The Labute approximate surface area is 201 Å². The van der Waals surface area contributed by atoms with Crippen LogP contribution in [0.25, 0.3) is 0 Å². The number of carbonyl (C=O) groups excluding carboxylic acids is 2. The summed E-state index contributed by atoms with van der Waals surface area (Å²) in [4.78, 5) is 27.9. The molecule has 3 heterocycles. The van der Waals surface area contributed by atoms with Crippen LogP contribution < -0.4 is 10.2 Å². The van der Waals surface area contributed by atoms with Crippen molar-refractivity contribution in [3.63, 3.8) is 0 Å². The van der Waals surface area contributed by atoms with Gasteiger partial charge in [-0.1, -0.05) is 13.0 Å². The highest BCUT2D eigenvalue weighted by molar-refractivity contribution is 9.10. The van der Waals surface area contributed by atoms with Gasteiger partial charge < -0.3 is 10.2 Å². The van der Waals surface area contributed by atoms with E-state index < -0.39 is 10.0 Å². The van der Waals surface area contributed by atoms with Crippen LogP contribution in [0.3, 0.4) is 0 Å². The number of carbonyl (C=O) groups is 2. The smallest absolute Gasteiger partial charge is 0.244 e. The molecule has 1 aromatic carbocycles. The zero-order chi connectivity index (χ0) is 22.9. The molecule has 2 aliphatic heterocycles. The van der Waals surface area contributed by atoms with Crippen LogP contribution in [0.15, 0.2) is 39.0 Å². The van der Waals surface area contributed by atoms with Gasteiger partial charge in [-0.3, -0.25) is 9.59 Å². The number of benzene rings is 1. The lowest BCUT2D eigenvalue weighted by Gasteiger charge is -2.31. The molecule has 0 radical (unpaired) electrons. The molecule has 0 bridgehead atoms. The van der Waals surface area contributed by atoms with Gasteiger partial charge in [0.2, 0.25) is 21.8 Å². The number of hydrogen-bond donors (Lipinski definition) is 1. The third-order valence-corrected chi connectivity index (χ3v) is 9.72. The van der Waals surface area contributed by atoms with Crippen LogP contribution in [0, 0.1) is 5.92 Å². The van der Waals surface area contributed by atoms with Crippen LogP contribution in [-0.4, -0.2) is 44.2 Å². The molecule has 4 rings (SSSR count).